The van der Waals surface area contributed by atoms with Crippen LogP contribution in [0.5, 0.6) is 0 Å². The van der Waals surface area contributed by atoms with Crippen molar-refractivity contribution in [1.82, 2.24) is 19.9 Å². The Bertz CT molecular complexity index is 3630. The molecule has 0 radical (unpaired) electrons. The molecule has 0 atom stereocenters. The van der Waals surface area contributed by atoms with Crippen LogP contribution in [-0.2, 0) is 10.8 Å². The van der Waals surface area contributed by atoms with Crippen LogP contribution in [0.15, 0.2) is 207 Å². The van der Waals surface area contributed by atoms with Gasteiger partial charge >= 0.3 is 0 Å². The van der Waals surface area contributed by atoms with E-state index in [4.69, 9.17) is 19.9 Å². The number of nitrogens with zero attached hydrogens (tertiary/aromatic N) is 6. The van der Waals surface area contributed by atoms with Crippen LogP contribution in [-0.4, -0.2) is 19.9 Å². The molecule has 12 aromatic rings. The van der Waals surface area contributed by atoms with Crippen molar-refractivity contribution in [2.45, 2.75) is 52.4 Å². The summed E-state index contributed by atoms with van der Waals surface area (Å²) in [5, 5.41) is 11.7. The third kappa shape index (κ3) is 7.62. The Morgan fingerprint density at radius 2 is 0.657 bits per heavy atom. The van der Waals surface area contributed by atoms with Gasteiger partial charge < -0.3 is 9.80 Å². The minimum absolute atomic E-state index is 0.135. The van der Waals surface area contributed by atoms with Gasteiger partial charge in [0.25, 0.3) is 0 Å². The molecule has 0 amide bonds. The van der Waals surface area contributed by atoms with E-state index in [1.165, 1.54) is 43.4 Å². The highest BCUT2D eigenvalue weighted by molar-refractivity contribution is 6.29. The summed E-state index contributed by atoms with van der Waals surface area (Å²) in [6.45, 7) is 13.7. The normalized spacial score (nSPS) is 12.1. The molecule has 6 heteroatoms. The van der Waals surface area contributed by atoms with Gasteiger partial charge in [0.05, 0.1) is 36.2 Å². The quantitative estimate of drug-likeness (QED) is 0.142. The fourth-order valence-electron chi connectivity index (χ4n) is 10.1. The molecule has 0 bridgehead atoms. The number of aromatic nitrogens is 4. The Hall–Kier alpha value is -8.48. The van der Waals surface area contributed by atoms with E-state index in [0.29, 0.717) is 11.6 Å². The Labute approximate surface area is 408 Å². The SMILES string of the molecule is CC(C)(C)c1cc2cc(-c3ncc(N(c4ccccc4)c4ccc5ccccc5c4)cn3)c3cc(C(C)(C)C)cc4cc(-c5ncc(N(c6ccccc6)c6ccc7ccccc7c6)cn5)c(c1)c2c43. The lowest BCUT2D eigenvalue weighted by molar-refractivity contribution is 0.591. The van der Waals surface area contributed by atoms with Crippen LogP contribution in [0.1, 0.15) is 52.7 Å². The highest BCUT2D eigenvalue weighted by Crippen LogP contribution is 2.47. The minimum Gasteiger partial charge on any atom is -0.308 e. The van der Waals surface area contributed by atoms with Crippen LogP contribution in [0, 0.1) is 0 Å². The highest BCUT2D eigenvalue weighted by atomic mass is 15.2. The van der Waals surface area contributed by atoms with Crippen LogP contribution < -0.4 is 9.80 Å². The first-order valence-electron chi connectivity index (χ1n) is 24.1. The Morgan fingerprint density at radius 1 is 0.300 bits per heavy atom. The molecule has 338 valence electrons. The summed E-state index contributed by atoms with van der Waals surface area (Å²) in [5.41, 5.74) is 10.1. The van der Waals surface area contributed by atoms with E-state index in [-0.39, 0.29) is 10.8 Å². The molecule has 2 aromatic heterocycles. The van der Waals surface area contributed by atoms with Gasteiger partial charge in [0.15, 0.2) is 11.6 Å². The summed E-state index contributed by atoms with van der Waals surface area (Å²) in [6.07, 6.45) is 7.87. The molecule has 0 saturated carbocycles. The number of hydrogen-bond donors (Lipinski definition) is 0. The monoisotopic (exact) mass is 904 g/mol. The van der Waals surface area contributed by atoms with Gasteiger partial charge in [-0.15, -0.1) is 0 Å². The summed E-state index contributed by atoms with van der Waals surface area (Å²) >= 11 is 0. The Kier molecular flexibility index (Phi) is 10.2. The molecular formula is C64H52N6. The maximum atomic E-state index is 5.22. The van der Waals surface area contributed by atoms with E-state index in [0.717, 1.165) is 66.8 Å². The van der Waals surface area contributed by atoms with Gasteiger partial charge in [0.2, 0.25) is 0 Å². The zero-order valence-electron chi connectivity index (χ0n) is 40.3. The van der Waals surface area contributed by atoms with Gasteiger partial charge in [-0.1, -0.05) is 151 Å². The van der Waals surface area contributed by atoms with Crippen molar-refractivity contribution in [3.05, 3.63) is 218 Å². The molecule has 0 fully saturated rings. The average Bonchev–Trinajstić information content (AvgIpc) is 3.38. The molecule has 2 heterocycles. The van der Waals surface area contributed by atoms with Gasteiger partial charge in [0.1, 0.15) is 0 Å². The van der Waals surface area contributed by atoms with Crippen molar-refractivity contribution in [2.24, 2.45) is 0 Å². The molecule has 6 nitrogen and oxygen atoms in total. The van der Waals surface area contributed by atoms with E-state index in [2.05, 4.69) is 221 Å². The first-order chi connectivity index (χ1) is 33.9. The molecule has 0 aliphatic carbocycles. The first kappa shape index (κ1) is 42.8. The molecule has 10 aromatic carbocycles. The van der Waals surface area contributed by atoms with Crippen molar-refractivity contribution in [3.8, 4) is 22.8 Å². The minimum atomic E-state index is -0.135. The third-order valence-electron chi connectivity index (χ3n) is 13.8. The third-order valence-corrected chi connectivity index (χ3v) is 13.8. The second-order valence-corrected chi connectivity index (χ2v) is 20.5. The zero-order chi connectivity index (χ0) is 47.7. The van der Waals surface area contributed by atoms with Crippen molar-refractivity contribution in [3.63, 3.8) is 0 Å². The molecule has 70 heavy (non-hydrogen) atoms. The molecule has 0 aliphatic rings. The van der Waals surface area contributed by atoms with Gasteiger partial charge in [-0.3, -0.25) is 0 Å². The van der Waals surface area contributed by atoms with E-state index >= 15 is 0 Å². The summed E-state index contributed by atoms with van der Waals surface area (Å²) in [5.74, 6) is 1.36. The molecule has 0 unspecified atom stereocenters. The maximum Gasteiger partial charge on any atom is 0.159 e. The molecule has 0 aliphatic heterocycles. The number of benzene rings is 10. The summed E-state index contributed by atoms with van der Waals surface area (Å²) in [6, 6.07) is 65.1. The number of fused-ring (bicyclic) bond motifs is 2. The molecule has 0 saturated heterocycles. The Balaban J connectivity index is 1.02. The van der Waals surface area contributed by atoms with Crippen LogP contribution in [0.4, 0.5) is 34.1 Å². The lowest BCUT2D eigenvalue weighted by Gasteiger charge is -2.26. The lowest BCUT2D eigenvalue weighted by atomic mass is 9.79. The summed E-state index contributed by atoms with van der Waals surface area (Å²) in [7, 11) is 0. The van der Waals surface area contributed by atoms with E-state index in [1.807, 2.05) is 36.9 Å². The van der Waals surface area contributed by atoms with Gasteiger partial charge in [-0.05, 0) is 149 Å². The lowest BCUT2D eigenvalue weighted by Crippen LogP contribution is -2.12. The van der Waals surface area contributed by atoms with Crippen molar-refractivity contribution >= 4 is 88.0 Å². The summed E-state index contributed by atoms with van der Waals surface area (Å²) < 4.78 is 0. The number of anilines is 6. The average molecular weight is 905 g/mol. The number of rotatable bonds is 8. The van der Waals surface area contributed by atoms with E-state index in [1.54, 1.807) is 0 Å². The van der Waals surface area contributed by atoms with Crippen LogP contribution in [0.2, 0.25) is 0 Å². The smallest absolute Gasteiger partial charge is 0.159 e. The van der Waals surface area contributed by atoms with Crippen molar-refractivity contribution in [1.29, 1.82) is 0 Å². The molecule has 0 N–H and O–H groups in total. The van der Waals surface area contributed by atoms with E-state index < -0.39 is 0 Å². The second kappa shape index (κ2) is 16.6. The van der Waals surface area contributed by atoms with Gasteiger partial charge in [-0.2, -0.15) is 0 Å². The standard InChI is InChI=1S/C64H52N6/c1-63(2,3)47-29-45-33-58(62-67-39-54(40-68-62)70(50-23-11-8-12-24-50)52-28-26-42-18-14-16-20-44(42)32-52)56-36-48(64(4,5)6)30-46-34-57(55(35-47)59(45)60(46)56)61-65-37-53(38-66-61)69(49-21-9-7-10-22-49)51-27-25-41-17-13-15-19-43(41)31-51/h7-40H,1-6H3. The van der Waals surface area contributed by atoms with Crippen LogP contribution >= 0.6 is 0 Å². The highest BCUT2D eigenvalue weighted by Gasteiger charge is 2.26. The van der Waals surface area contributed by atoms with Crippen molar-refractivity contribution < 1.29 is 0 Å². The molecule has 12 rings (SSSR count). The number of hydrogen-bond acceptors (Lipinski definition) is 6. The second-order valence-electron chi connectivity index (χ2n) is 20.5. The van der Waals surface area contributed by atoms with Crippen molar-refractivity contribution in [2.75, 3.05) is 9.80 Å². The topological polar surface area (TPSA) is 58.0 Å². The van der Waals surface area contributed by atoms with Gasteiger partial charge in [0, 0.05) is 33.9 Å². The predicted octanol–water partition coefficient (Wildman–Crippen LogP) is 17.3. The molecule has 0 spiro atoms. The van der Waals surface area contributed by atoms with Crippen LogP contribution in [0.25, 0.3) is 76.6 Å². The van der Waals surface area contributed by atoms with Crippen LogP contribution in [0.3, 0.4) is 0 Å². The first-order valence-corrected chi connectivity index (χ1v) is 24.1. The largest absolute Gasteiger partial charge is 0.308 e. The Morgan fingerprint density at radius 3 is 1.03 bits per heavy atom. The van der Waals surface area contributed by atoms with E-state index in [9.17, 15) is 0 Å². The maximum absolute atomic E-state index is 5.22. The van der Waals surface area contributed by atoms with Gasteiger partial charge in [-0.25, -0.2) is 19.9 Å². The number of para-hydroxylation sites is 2. The fourth-order valence-corrected chi connectivity index (χ4v) is 10.1. The fraction of sp³-hybridized carbons (Fsp3) is 0.125. The zero-order valence-corrected chi connectivity index (χ0v) is 40.3. The summed E-state index contributed by atoms with van der Waals surface area (Å²) in [4.78, 5) is 25.4. The predicted molar refractivity (Wildman–Crippen MR) is 294 cm³/mol. The molecular weight excluding hydrogens is 853 g/mol.